The molecule has 1 aliphatic rings. The minimum atomic E-state index is -0.406. The van der Waals surface area contributed by atoms with E-state index in [-0.39, 0.29) is 18.0 Å². The number of carbonyl (C=O) groups excluding carboxylic acids is 2. The van der Waals surface area contributed by atoms with Gasteiger partial charge < -0.3 is 9.15 Å². The van der Waals surface area contributed by atoms with Gasteiger partial charge >= 0.3 is 0 Å². The molecule has 0 fully saturated rings. The van der Waals surface area contributed by atoms with E-state index in [1.54, 1.807) is 31.6 Å². The largest absolute Gasteiger partial charge is 0.497 e. The third kappa shape index (κ3) is 4.02. The molecule has 2 heterocycles. The second kappa shape index (κ2) is 8.59. The highest BCUT2D eigenvalue weighted by Gasteiger charge is 2.39. The van der Waals surface area contributed by atoms with Gasteiger partial charge in [-0.15, -0.1) is 11.8 Å². The van der Waals surface area contributed by atoms with Gasteiger partial charge in [0, 0.05) is 0 Å². The molecule has 7 heteroatoms. The van der Waals surface area contributed by atoms with Crippen LogP contribution in [0.3, 0.4) is 0 Å². The molecule has 4 rings (SSSR count). The molecule has 30 heavy (non-hydrogen) atoms. The third-order valence-corrected chi connectivity index (χ3v) is 5.79. The molecule has 0 aliphatic carbocycles. The van der Waals surface area contributed by atoms with Crippen molar-refractivity contribution in [2.75, 3.05) is 7.11 Å². The van der Waals surface area contributed by atoms with E-state index in [1.807, 2.05) is 18.2 Å². The minimum absolute atomic E-state index is 0.136. The lowest BCUT2D eigenvalue weighted by atomic mass is 10.1. The molecule has 0 unspecified atom stereocenters. The number of ether oxygens (including phenoxy) is 1. The zero-order chi connectivity index (χ0) is 21.1. The van der Waals surface area contributed by atoms with E-state index < -0.39 is 11.7 Å². The van der Waals surface area contributed by atoms with Crippen molar-refractivity contribution >= 4 is 29.1 Å². The van der Waals surface area contributed by atoms with Crippen molar-refractivity contribution in [3.8, 4) is 5.75 Å². The Hall–Kier alpha value is -3.32. The van der Waals surface area contributed by atoms with Gasteiger partial charge in [0.15, 0.2) is 0 Å². The van der Waals surface area contributed by atoms with Crippen molar-refractivity contribution in [2.45, 2.75) is 12.3 Å². The van der Waals surface area contributed by atoms with Crippen LogP contribution in [0.25, 0.3) is 5.57 Å². The van der Waals surface area contributed by atoms with E-state index in [1.165, 1.54) is 40.9 Å². The van der Waals surface area contributed by atoms with Crippen LogP contribution in [0.5, 0.6) is 5.75 Å². The third-order valence-electron chi connectivity index (χ3n) is 4.70. The number of carbonyl (C=O) groups is 2. The number of furan rings is 1. The maximum Gasteiger partial charge on any atom is 0.268 e. The van der Waals surface area contributed by atoms with Gasteiger partial charge in [0.05, 0.1) is 36.1 Å². The SMILES string of the molecule is COc1ccc(CN2C(=O)C(SCc3ccco3)=C(c3ccc(F)cc3)C2=O)cc1. The fourth-order valence-electron chi connectivity index (χ4n) is 3.15. The van der Waals surface area contributed by atoms with E-state index in [4.69, 9.17) is 9.15 Å². The Labute approximate surface area is 177 Å². The summed E-state index contributed by atoms with van der Waals surface area (Å²) in [6.07, 6.45) is 1.56. The molecular weight excluding hydrogens is 405 g/mol. The summed E-state index contributed by atoms with van der Waals surface area (Å²) in [5.74, 6) is 0.618. The fraction of sp³-hybridized carbons (Fsp3) is 0.130. The molecule has 0 radical (unpaired) electrons. The van der Waals surface area contributed by atoms with Crippen LogP contribution in [-0.4, -0.2) is 23.8 Å². The molecule has 5 nitrogen and oxygen atoms in total. The first kappa shape index (κ1) is 20.0. The number of rotatable bonds is 7. The summed E-state index contributed by atoms with van der Waals surface area (Å²) < 4.78 is 23.9. The molecule has 1 aliphatic heterocycles. The summed E-state index contributed by atoms with van der Waals surface area (Å²) in [5, 5.41) is 0. The number of benzene rings is 2. The van der Waals surface area contributed by atoms with Gasteiger partial charge in [0.25, 0.3) is 11.8 Å². The second-order valence-corrected chi connectivity index (χ2v) is 7.61. The first-order chi connectivity index (χ1) is 14.6. The topological polar surface area (TPSA) is 59.8 Å². The zero-order valence-electron chi connectivity index (χ0n) is 16.1. The van der Waals surface area contributed by atoms with E-state index in [0.717, 1.165) is 5.56 Å². The van der Waals surface area contributed by atoms with Crippen LogP contribution >= 0.6 is 11.8 Å². The first-order valence-corrected chi connectivity index (χ1v) is 10.2. The highest BCUT2D eigenvalue weighted by Crippen LogP contribution is 2.38. The summed E-state index contributed by atoms with van der Waals surface area (Å²) in [7, 11) is 1.57. The lowest BCUT2D eigenvalue weighted by molar-refractivity contribution is -0.137. The van der Waals surface area contributed by atoms with Crippen LogP contribution < -0.4 is 4.74 Å². The number of methoxy groups -OCH3 is 1. The first-order valence-electron chi connectivity index (χ1n) is 9.21. The average Bonchev–Trinajstić information content (AvgIpc) is 3.36. The van der Waals surface area contributed by atoms with Gasteiger partial charge in [-0.2, -0.15) is 0 Å². The van der Waals surface area contributed by atoms with Gasteiger partial charge in [-0.25, -0.2) is 4.39 Å². The molecule has 0 atom stereocenters. The molecule has 0 spiro atoms. The maximum atomic E-state index is 13.4. The molecule has 1 aromatic heterocycles. The molecule has 0 saturated carbocycles. The monoisotopic (exact) mass is 423 g/mol. The standard InChI is InChI=1S/C23H18FNO4S/c1-28-18-10-4-15(5-11-18)13-25-22(26)20(16-6-8-17(24)9-7-16)21(23(25)27)30-14-19-3-2-12-29-19/h2-12H,13-14H2,1H3. The fourth-order valence-corrected chi connectivity index (χ4v) is 4.19. The van der Waals surface area contributed by atoms with Gasteiger partial charge in [0.1, 0.15) is 17.3 Å². The predicted molar refractivity (Wildman–Crippen MR) is 112 cm³/mol. The number of halogens is 1. The normalized spacial score (nSPS) is 14.0. The molecule has 0 saturated heterocycles. The Morgan fingerprint density at radius 2 is 1.73 bits per heavy atom. The van der Waals surface area contributed by atoms with Gasteiger partial charge in [-0.05, 0) is 47.5 Å². The minimum Gasteiger partial charge on any atom is -0.497 e. The summed E-state index contributed by atoms with van der Waals surface area (Å²) in [6, 6.07) is 16.3. The Morgan fingerprint density at radius 3 is 2.37 bits per heavy atom. The average molecular weight is 423 g/mol. The summed E-state index contributed by atoms with van der Waals surface area (Å²) >= 11 is 1.24. The van der Waals surface area contributed by atoms with Gasteiger partial charge in [-0.3, -0.25) is 14.5 Å². The van der Waals surface area contributed by atoms with E-state index in [9.17, 15) is 14.0 Å². The molecule has 3 aromatic rings. The van der Waals surface area contributed by atoms with Crippen LogP contribution in [0.4, 0.5) is 4.39 Å². The predicted octanol–water partition coefficient (Wildman–Crippen LogP) is 4.64. The Kier molecular flexibility index (Phi) is 5.72. The van der Waals surface area contributed by atoms with Crippen molar-refractivity contribution in [1.29, 1.82) is 0 Å². The molecule has 2 aromatic carbocycles. The highest BCUT2D eigenvalue weighted by atomic mass is 32.2. The molecule has 152 valence electrons. The lowest BCUT2D eigenvalue weighted by Gasteiger charge is -2.15. The number of nitrogens with zero attached hydrogens (tertiary/aromatic N) is 1. The van der Waals surface area contributed by atoms with Crippen molar-refractivity contribution in [1.82, 2.24) is 4.90 Å². The number of imide groups is 1. The van der Waals surface area contributed by atoms with Crippen molar-refractivity contribution in [2.24, 2.45) is 0 Å². The van der Waals surface area contributed by atoms with E-state index in [2.05, 4.69) is 0 Å². The van der Waals surface area contributed by atoms with Crippen LogP contribution in [0.2, 0.25) is 0 Å². The zero-order valence-corrected chi connectivity index (χ0v) is 16.9. The van der Waals surface area contributed by atoms with Crippen LogP contribution in [0.15, 0.2) is 76.2 Å². The second-order valence-electron chi connectivity index (χ2n) is 6.62. The molecular formula is C23H18FNO4S. The number of hydrogen-bond acceptors (Lipinski definition) is 5. The van der Waals surface area contributed by atoms with Crippen LogP contribution in [0, 0.1) is 5.82 Å². The van der Waals surface area contributed by atoms with Gasteiger partial charge in [0.2, 0.25) is 0 Å². The van der Waals surface area contributed by atoms with E-state index in [0.29, 0.717) is 27.7 Å². The van der Waals surface area contributed by atoms with Gasteiger partial charge in [-0.1, -0.05) is 24.3 Å². The molecule has 0 N–H and O–H groups in total. The highest BCUT2D eigenvalue weighted by molar-refractivity contribution is 8.03. The van der Waals surface area contributed by atoms with Crippen LogP contribution in [0.1, 0.15) is 16.9 Å². The molecule has 2 amide bonds. The number of hydrogen-bond donors (Lipinski definition) is 0. The van der Waals surface area contributed by atoms with Crippen molar-refractivity contribution < 1.29 is 23.1 Å². The van der Waals surface area contributed by atoms with Crippen molar-refractivity contribution in [3.05, 3.63) is 94.5 Å². The number of thioether (sulfide) groups is 1. The maximum absolute atomic E-state index is 13.4. The van der Waals surface area contributed by atoms with Crippen molar-refractivity contribution in [3.63, 3.8) is 0 Å². The summed E-state index contributed by atoms with van der Waals surface area (Å²) in [6.45, 7) is 0.136. The quantitative estimate of drug-likeness (QED) is 0.518. The Bertz CT molecular complexity index is 1090. The Morgan fingerprint density at radius 1 is 1.00 bits per heavy atom. The number of amides is 2. The lowest BCUT2D eigenvalue weighted by Crippen LogP contribution is -2.30. The van der Waals surface area contributed by atoms with E-state index >= 15 is 0 Å². The van der Waals surface area contributed by atoms with Crippen LogP contribution in [-0.2, 0) is 21.9 Å². The summed E-state index contributed by atoms with van der Waals surface area (Å²) in [5.41, 5.74) is 1.59. The smallest absolute Gasteiger partial charge is 0.268 e. The Balaban J connectivity index is 1.64. The summed E-state index contributed by atoms with van der Waals surface area (Å²) in [4.78, 5) is 27.9. The molecule has 0 bridgehead atoms.